The first kappa shape index (κ1) is 18.6. The molecule has 1 fully saturated rings. The highest BCUT2D eigenvalue weighted by atomic mass is 32.2. The van der Waals surface area contributed by atoms with Gasteiger partial charge in [-0.25, -0.2) is 22.1 Å². The van der Waals surface area contributed by atoms with Crippen LogP contribution in [0.2, 0.25) is 0 Å². The molecule has 28 heavy (non-hydrogen) atoms. The molecule has 3 heterocycles. The molecule has 0 aliphatic carbocycles. The largest absolute Gasteiger partial charge is 0.365 e. The molecule has 0 unspecified atom stereocenters. The van der Waals surface area contributed by atoms with E-state index in [1.54, 1.807) is 6.20 Å². The number of halogens is 1. The highest BCUT2D eigenvalue weighted by Gasteiger charge is 2.25. The summed E-state index contributed by atoms with van der Waals surface area (Å²) in [5, 5.41) is 13.9. The second kappa shape index (κ2) is 7.32. The maximum atomic E-state index is 14.2. The first-order chi connectivity index (χ1) is 13.4. The van der Waals surface area contributed by atoms with Crippen molar-refractivity contribution < 1.29 is 12.8 Å². The fourth-order valence-electron chi connectivity index (χ4n) is 3.20. The normalized spacial score (nSPS) is 16.4. The highest BCUT2D eigenvalue weighted by Crippen LogP contribution is 2.22. The summed E-state index contributed by atoms with van der Waals surface area (Å²) in [4.78, 5) is 8.22. The van der Waals surface area contributed by atoms with E-state index in [4.69, 9.17) is 0 Å². The van der Waals surface area contributed by atoms with Crippen LogP contribution in [0.1, 0.15) is 12.8 Å². The molecule has 1 aromatic carbocycles. The van der Waals surface area contributed by atoms with Crippen molar-refractivity contribution in [2.45, 2.75) is 18.9 Å². The van der Waals surface area contributed by atoms with Gasteiger partial charge in [-0.15, -0.1) is 0 Å². The zero-order valence-electron chi connectivity index (χ0n) is 15.2. The number of aromatic nitrogens is 4. The number of H-pyrrole nitrogens is 1. The van der Waals surface area contributed by atoms with E-state index in [2.05, 4.69) is 30.8 Å². The summed E-state index contributed by atoms with van der Waals surface area (Å²) in [7, 11) is -3.19. The molecular formula is C17H20FN7O2S. The second-order valence-electron chi connectivity index (χ2n) is 6.77. The van der Waals surface area contributed by atoms with Gasteiger partial charge in [0.25, 0.3) is 0 Å². The van der Waals surface area contributed by atoms with E-state index in [1.165, 1.54) is 10.6 Å². The molecular weight excluding hydrogens is 385 g/mol. The van der Waals surface area contributed by atoms with Crippen LogP contribution in [0.4, 0.5) is 21.8 Å². The number of anilines is 3. The maximum Gasteiger partial charge on any atom is 0.229 e. The van der Waals surface area contributed by atoms with Gasteiger partial charge in [0.2, 0.25) is 16.0 Å². The Labute approximate surface area is 161 Å². The first-order valence-electron chi connectivity index (χ1n) is 8.83. The Morgan fingerprint density at radius 2 is 2.04 bits per heavy atom. The Morgan fingerprint density at radius 3 is 2.79 bits per heavy atom. The summed E-state index contributed by atoms with van der Waals surface area (Å²) in [6.07, 6.45) is 5.18. The van der Waals surface area contributed by atoms with Crippen molar-refractivity contribution in [3.8, 4) is 0 Å². The average Bonchev–Trinajstić information content (AvgIpc) is 3.12. The van der Waals surface area contributed by atoms with E-state index < -0.39 is 15.8 Å². The third kappa shape index (κ3) is 4.04. The Balaban J connectivity index is 1.45. The van der Waals surface area contributed by atoms with Gasteiger partial charge >= 0.3 is 0 Å². The molecule has 2 aromatic heterocycles. The zero-order chi connectivity index (χ0) is 19.7. The minimum Gasteiger partial charge on any atom is -0.365 e. The summed E-state index contributed by atoms with van der Waals surface area (Å²) in [5.74, 6) is -0.193. The molecule has 1 saturated heterocycles. The monoisotopic (exact) mass is 405 g/mol. The molecule has 0 saturated carbocycles. The van der Waals surface area contributed by atoms with Gasteiger partial charge in [0.1, 0.15) is 0 Å². The molecule has 3 aromatic rings. The Hall–Kier alpha value is -2.79. The minimum absolute atomic E-state index is 0.0578. The lowest BCUT2D eigenvalue weighted by molar-refractivity contribution is 0.331. The number of nitrogens with zero attached hydrogens (tertiary/aromatic N) is 4. The van der Waals surface area contributed by atoms with Gasteiger partial charge in [0, 0.05) is 30.2 Å². The van der Waals surface area contributed by atoms with E-state index in [1.807, 2.05) is 18.2 Å². The lowest BCUT2D eigenvalue weighted by Crippen LogP contribution is -2.42. The standard InChI is InChI=1S/C17H20FN7O2S/c1-28(26,27)25-6-4-12(5-7-25)21-16-14(18)10-19-17(23-16)22-13-2-3-15-11(8-13)9-20-24-15/h2-3,8-10,12H,4-7H2,1H3,(H,20,24)(H2,19,21,22,23). The summed E-state index contributed by atoms with van der Waals surface area (Å²) < 4.78 is 38.8. The molecule has 0 atom stereocenters. The Morgan fingerprint density at radius 1 is 1.25 bits per heavy atom. The molecule has 148 valence electrons. The molecule has 0 bridgehead atoms. The number of benzene rings is 1. The number of hydrogen-bond donors (Lipinski definition) is 3. The average molecular weight is 405 g/mol. The number of fused-ring (bicyclic) bond motifs is 1. The molecule has 3 N–H and O–H groups in total. The quantitative estimate of drug-likeness (QED) is 0.595. The molecule has 0 amide bonds. The lowest BCUT2D eigenvalue weighted by Gasteiger charge is -2.30. The van der Waals surface area contributed by atoms with Crippen molar-refractivity contribution in [1.29, 1.82) is 0 Å². The van der Waals surface area contributed by atoms with Crippen molar-refractivity contribution in [1.82, 2.24) is 24.5 Å². The van der Waals surface area contributed by atoms with Crippen LogP contribution in [0.25, 0.3) is 10.9 Å². The van der Waals surface area contributed by atoms with E-state index in [-0.39, 0.29) is 17.8 Å². The van der Waals surface area contributed by atoms with Crippen molar-refractivity contribution in [3.63, 3.8) is 0 Å². The topological polar surface area (TPSA) is 116 Å². The molecule has 0 spiro atoms. The zero-order valence-corrected chi connectivity index (χ0v) is 16.0. The Bertz CT molecular complexity index is 1090. The van der Waals surface area contributed by atoms with Gasteiger partial charge in [0.05, 0.1) is 24.2 Å². The third-order valence-corrected chi connectivity index (χ3v) is 6.01. The van der Waals surface area contributed by atoms with Gasteiger partial charge in [0.15, 0.2) is 11.6 Å². The SMILES string of the molecule is CS(=O)(=O)N1CCC(Nc2nc(Nc3ccc4[nH]ncc4c3)ncc2F)CC1. The fourth-order valence-corrected chi connectivity index (χ4v) is 4.08. The highest BCUT2D eigenvalue weighted by molar-refractivity contribution is 7.88. The first-order valence-corrected chi connectivity index (χ1v) is 10.7. The summed E-state index contributed by atoms with van der Waals surface area (Å²) >= 11 is 0. The van der Waals surface area contributed by atoms with Crippen molar-refractivity contribution in [3.05, 3.63) is 36.4 Å². The van der Waals surface area contributed by atoms with Crippen LogP contribution in [0.3, 0.4) is 0 Å². The van der Waals surface area contributed by atoms with Crippen LogP contribution < -0.4 is 10.6 Å². The van der Waals surface area contributed by atoms with Crippen LogP contribution in [-0.4, -0.2) is 58.3 Å². The number of sulfonamides is 1. The second-order valence-corrected chi connectivity index (χ2v) is 8.75. The van der Waals surface area contributed by atoms with Crippen LogP contribution >= 0.6 is 0 Å². The maximum absolute atomic E-state index is 14.2. The van der Waals surface area contributed by atoms with E-state index >= 15 is 0 Å². The molecule has 1 aliphatic heterocycles. The number of hydrogen-bond acceptors (Lipinski definition) is 7. The van der Waals surface area contributed by atoms with Gasteiger partial charge in [-0.2, -0.15) is 10.1 Å². The van der Waals surface area contributed by atoms with Gasteiger partial charge < -0.3 is 10.6 Å². The van der Waals surface area contributed by atoms with Crippen LogP contribution in [-0.2, 0) is 10.0 Å². The van der Waals surface area contributed by atoms with Crippen LogP contribution in [0.15, 0.2) is 30.6 Å². The lowest BCUT2D eigenvalue weighted by atomic mass is 10.1. The Kier molecular flexibility index (Phi) is 4.85. The summed E-state index contributed by atoms with van der Waals surface area (Å²) in [6, 6.07) is 5.56. The number of rotatable bonds is 5. The van der Waals surface area contributed by atoms with Crippen molar-refractivity contribution in [2.24, 2.45) is 0 Å². The van der Waals surface area contributed by atoms with Crippen molar-refractivity contribution >= 4 is 38.4 Å². The van der Waals surface area contributed by atoms with Crippen molar-refractivity contribution in [2.75, 3.05) is 30.0 Å². The fraction of sp³-hybridized carbons (Fsp3) is 0.353. The minimum atomic E-state index is -3.19. The van der Waals surface area contributed by atoms with Gasteiger partial charge in [-0.1, -0.05) is 0 Å². The molecule has 4 rings (SSSR count). The number of piperidine rings is 1. The third-order valence-electron chi connectivity index (χ3n) is 4.70. The molecule has 11 heteroatoms. The van der Waals surface area contributed by atoms with E-state index in [9.17, 15) is 12.8 Å². The van der Waals surface area contributed by atoms with Gasteiger partial charge in [-0.3, -0.25) is 5.10 Å². The summed E-state index contributed by atoms with van der Waals surface area (Å²) in [6.45, 7) is 0.804. The molecule has 0 radical (unpaired) electrons. The number of aromatic amines is 1. The van der Waals surface area contributed by atoms with E-state index in [0.29, 0.717) is 25.9 Å². The molecule has 1 aliphatic rings. The van der Waals surface area contributed by atoms with Crippen LogP contribution in [0.5, 0.6) is 0 Å². The summed E-state index contributed by atoms with van der Waals surface area (Å²) in [5.41, 5.74) is 1.67. The smallest absolute Gasteiger partial charge is 0.229 e. The predicted molar refractivity (Wildman–Crippen MR) is 104 cm³/mol. The predicted octanol–water partition coefficient (Wildman–Crippen LogP) is 2.07. The number of nitrogens with one attached hydrogen (secondary N) is 3. The van der Waals surface area contributed by atoms with Gasteiger partial charge in [-0.05, 0) is 31.0 Å². The van der Waals surface area contributed by atoms with Crippen LogP contribution in [0, 0.1) is 5.82 Å². The van der Waals surface area contributed by atoms with E-state index in [0.717, 1.165) is 22.8 Å². The molecule has 9 nitrogen and oxygen atoms in total.